The van der Waals surface area contributed by atoms with Gasteiger partial charge in [0, 0.05) is 0 Å². The zero-order valence-corrected chi connectivity index (χ0v) is 9.18. The second-order valence-electron chi connectivity index (χ2n) is 3.90. The topological polar surface area (TPSA) is 20.2 Å². The summed E-state index contributed by atoms with van der Waals surface area (Å²) in [5.74, 6) is 0.745. The molecule has 0 saturated heterocycles. The molecule has 1 N–H and O–H groups in total. The molecule has 13 heavy (non-hydrogen) atoms. The normalized spacial score (nSPS) is 13.5. The van der Waals surface area contributed by atoms with Gasteiger partial charge in [-0.1, -0.05) is 26.7 Å². The van der Waals surface area contributed by atoms with E-state index in [0.717, 1.165) is 24.3 Å². The molecule has 0 amide bonds. The highest BCUT2D eigenvalue weighted by atomic mass is 32.1. The van der Waals surface area contributed by atoms with E-state index in [1.54, 1.807) is 11.3 Å². The van der Waals surface area contributed by atoms with Crippen LogP contribution in [0, 0.1) is 5.92 Å². The smallest absolute Gasteiger partial charge is 0.0798 e. The minimum atomic E-state index is -0.245. The lowest BCUT2D eigenvalue weighted by Gasteiger charge is -2.09. The summed E-state index contributed by atoms with van der Waals surface area (Å²) in [4.78, 5) is 0. The Kier molecular flexibility index (Phi) is 4.46. The first kappa shape index (κ1) is 10.7. The quantitative estimate of drug-likeness (QED) is 0.766. The predicted octanol–water partition coefficient (Wildman–Crippen LogP) is 3.61. The maximum absolute atomic E-state index is 9.73. The highest BCUT2D eigenvalue weighted by Crippen LogP contribution is 2.22. The van der Waals surface area contributed by atoms with Crippen molar-refractivity contribution in [3.8, 4) is 0 Å². The first-order valence-corrected chi connectivity index (χ1v) is 5.84. The van der Waals surface area contributed by atoms with E-state index in [0.29, 0.717) is 0 Å². The van der Waals surface area contributed by atoms with Crippen LogP contribution in [0.5, 0.6) is 0 Å². The number of rotatable bonds is 5. The fourth-order valence-electron chi connectivity index (χ4n) is 1.35. The molecular formula is C11H18OS. The van der Waals surface area contributed by atoms with Crippen LogP contribution in [0.3, 0.4) is 0 Å². The number of aliphatic hydroxyl groups excluding tert-OH is 1. The zero-order valence-electron chi connectivity index (χ0n) is 8.36. The summed E-state index contributed by atoms with van der Waals surface area (Å²) in [7, 11) is 0. The fraction of sp³-hybridized carbons (Fsp3) is 0.636. The lowest BCUT2D eigenvalue weighted by molar-refractivity contribution is 0.162. The van der Waals surface area contributed by atoms with Crippen molar-refractivity contribution in [3.63, 3.8) is 0 Å². The lowest BCUT2D eigenvalue weighted by atomic mass is 10.0. The van der Waals surface area contributed by atoms with Crippen molar-refractivity contribution in [2.45, 2.75) is 39.2 Å². The van der Waals surface area contributed by atoms with Crippen molar-refractivity contribution < 1.29 is 5.11 Å². The minimum Gasteiger partial charge on any atom is -0.388 e. The highest BCUT2D eigenvalue weighted by molar-refractivity contribution is 7.07. The first-order valence-electron chi connectivity index (χ1n) is 4.90. The van der Waals surface area contributed by atoms with E-state index in [1.807, 2.05) is 16.8 Å². The second kappa shape index (κ2) is 5.40. The van der Waals surface area contributed by atoms with Gasteiger partial charge in [0.25, 0.3) is 0 Å². The Morgan fingerprint density at radius 1 is 1.38 bits per heavy atom. The van der Waals surface area contributed by atoms with Gasteiger partial charge in [0.05, 0.1) is 6.10 Å². The third kappa shape index (κ3) is 3.92. The first-order chi connectivity index (χ1) is 6.20. The van der Waals surface area contributed by atoms with Gasteiger partial charge < -0.3 is 5.11 Å². The molecule has 0 spiro atoms. The van der Waals surface area contributed by atoms with Crippen LogP contribution in [-0.4, -0.2) is 5.11 Å². The molecule has 0 radical (unpaired) electrons. The van der Waals surface area contributed by atoms with E-state index in [9.17, 15) is 5.11 Å². The van der Waals surface area contributed by atoms with Crippen LogP contribution in [0.2, 0.25) is 0 Å². The molecule has 1 aromatic heterocycles. The van der Waals surface area contributed by atoms with Crippen molar-refractivity contribution in [2.75, 3.05) is 0 Å². The van der Waals surface area contributed by atoms with Gasteiger partial charge in [-0.2, -0.15) is 11.3 Å². The molecule has 1 atom stereocenters. The van der Waals surface area contributed by atoms with Crippen LogP contribution in [0.15, 0.2) is 16.8 Å². The number of hydrogen-bond donors (Lipinski definition) is 1. The molecule has 1 heterocycles. The molecule has 1 nitrogen and oxygen atoms in total. The van der Waals surface area contributed by atoms with Gasteiger partial charge in [-0.15, -0.1) is 0 Å². The molecule has 0 saturated carbocycles. The molecule has 2 heteroatoms. The fourth-order valence-corrected chi connectivity index (χ4v) is 2.06. The van der Waals surface area contributed by atoms with Crippen LogP contribution < -0.4 is 0 Å². The van der Waals surface area contributed by atoms with Crippen molar-refractivity contribution in [3.05, 3.63) is 22.4 Å². The van der Waals surface area contributed by atoms with E-state index in [4.69, 9.17) is 0 Å². The molecule has 0 aliphatic rings. The predicted molar refractivity (Wildman–Crippen MR) is 58.0 cm³/mol. The largest absolute Gasteiger partial charge is 0.388 e. The summed E-state index contributed by atoms with van der Waals surface area (Å²) in [6, 6.07) is 2.00. The third-order valence-corrected chi connectivity index (χ3v) is 2.89. The Balaban J connectivity index is 2.22. The van der Waals surface area contributed by atoms with Crippen LogP contribution in [0.25, 0.3) is 0 Å². The Bertz CT molecular complexity index is 216. The maximum atomic E-state index is 9.73. The highest BCUT2D eigenvalue weighted by Gasteiger charge is 2.07. The van der Waals surface area contributed by atoms with Gasteiger partial charge in [-0.05, 0) is 34.7 Å². The molecule has 0 aliphatic heterocycles. The van der Waals surface area contributed by atoms with E-state index in [-0.39, 0.29) is 6.10 Å². The summed E-state index contributed by atoms with van der Waals surface area (Å²) < 4.78 is 0. The zero-order chi connectivity index (χ0) is 9.68. The van der Waals surface area contributed by atoms with Crippen LogP contribution in [0.1, 0.15) is 44.8 Å². The summed E-state index contributed by atoms with van der Waals surface area (Å²) in [6.45, 7) is 4.44. The van der Waals surface area contributed by atoms with Crippen molar-refractivity contribution in [2.24, 2.45) is 5.92 Å². The van der Waals surface area contributed by atoms with Gasteiger partial charge >= 0.3 is 0 Å². The summed E-state index contributed by atoms with van der Waals surface area (Å²) in [5, 5.41) is 13.8. The molecule has 1 aromatic rings. The summed E-state index contributed by atoms with van der Waals surface area (Å²) in [5.41, 5.74) is 1.08. The van der Waals surface area contributed by atoms with E-state index >= 15 is 0 Å². The molecule has 1 rings (SSSR count). The van der Waals surface area contributed by atoms with Crippen LogP contribution in [-0.2, 0) is 0 Å². The molecule has 0 fully saturated rings. The van der Waals surface area contributed by atoms with Crippen molar-refractivity contribution >= 4 is 11.3 Å². The van der Waals surface area contributed by atoms with Crippen molar-refractivity contribution in [1.82, 2.24) is 0 Å². The standard InChI is InChI=1S/C11H18OS/c1-9(2)4-3-5-11(12)10-6-7-13-8-10/h6-9,11-12H,3-5H2,1-2H3. The lowest BCUT2D eigenvalue weighted by Crippen LogP contribution is -1.96. The Hall–Kier alpha value is -0.340. The Labute approximate surface area is 84.4 Å². The van der Waals surface area contributed by atoms with Crippen LogP contribution in [0.4, 0.5) is 0 Å². The van der Waals surface area contributed by atoms with Crippen LogP contribution >= 0.6 is 11.3 Å². The summed E-state index contributed by atoms with van der Waals surface area (Å²) >= 11 is 1.65. The maximum Gasteiger partial charge on any atom is 0.0798 e. The molecule has 0 bridgehead atoms. The van der Waals surface area contributed by atoms with Gasteiger partial charge in [-0.3, -0.25) is 0 Å². The van der Waals surface area contributed by atoms with Gasteiger partial charge in [0.1, 0.15) is 0 Å². The van der Waals surface area contributed by atoms with Gasteiger partial charge in [-0.25, -0.2) is 0 Å². The average Bonchev–Trinajstić information content (AvgIpc) is 2.55. The Morgan fingerprint density at radius 2 is 2.15 bits per heavy atom. The number of thiophene rings is 1. The number of aliphatic hydroxyl groups is 1. The second-order valence-corrected chi connectivity index (χ2v) is 4.68. The SMILES string of the molecule is CC(C)CCCC(O)c1ccsc1. The monoisotopic (exact) mass is 198 g/mol. The average molecular weight is 198 g/mol. The number of hydrogen-bond acceptors (Lipinski definition) is 2. The Morgan fingerprint density at radius 3 is 2.69 bits per heavy atom. The molecule has 0 aromatic carbocycles. The molecule has 74 valence electrons. The van der Waals surface area contributed by atoms with Gasteiger partial charge in [0.2, 0.25) is 0 Å². The minimum absolute atomic E-state index is 0.245. The van der Waals surface area contributed by atoms with Crippen molar-refractivity contribution in [1.29, 1.82) is 0 Å². The third-order valence-electron chi connectivity index (χ3n) is 2.19. The van der Waals surface area contributed by atoms with E-state index < -0.39 is 0 Å². The molecule has 0 aliphatic carbocycles. The summed E-state index contributed by atoms with van der Waals surface area (Å²) in [6.07, 6.45) is 2.98. The molecule has 1 unspecified atom stereocenters. The van der Waals surface area contributed by atoms with E-state index in [2.05, 4.69) is 13.8 Å². The van der Waals surface area contributed by atoms with Gasteiger partial charge in [0.15, 0.2) is 0 Å². The van der Waals surface area contributed by atoms with E-state index in [1.165, 1.54) is 6.42 Å². The molecular weight excluding hydrogens is 180 g/mol.